The summed E-state index contributed by atoms with van der Waals surface area (Å²) in [5, 5.41) is 1.05. The molecule has 0 amide bonds. The summed E-state index contributed by atoms with van der Waals surface area (Å²) in [7, 11) is 0.140. The van der Waals surface area contributed by atoms with Crippen LogP contribution in [0.3, 0.4) is 0 Å². The third kappa shape index (κ3) is 3.70. The predicted octanol–water partition coefficient (Wildman–Crippen LogP) is 2.86. The first-order chi connectivity index (χ1) is 13.4. The molecule has 7 heteroatoms. The molecule has 2 aromatic heterocycles. The zero-order valence-corrected chi connectivity index (χ0v) is 17.1. The minimum atomic E-state index is -3.51. The zero-order valence-electron chi connectivity index (χ0n) is 16.3. The second-order valence-electron chi connectivity index (χ2n) is 7.53. The van der Waals surface area contributed by atoms with Crippen LogP contribution in [0.2, 0.25) is 0 Å². The fraction of sp³-hybridized carbons (Fsp3) is 0.381. The Labute approximate surface area is 166 Å². The molecule has 0 aliphatic carbocycles. The molecule has 1 aromatic carbocycles. The molecule has 1 aliphatic rings. The van der Waals surface area contributed by atoms with E-state index in [1.807, 2.05) is 54.5 Å². The third-order valence-electron chi connectivity index (χ3n) is 5.76. The van der Waals surface area contributed by atoms with E-state index in [0.29, 0.717) is 4.90 Å². The minimum absolute atomic E-state index is 0.0304. The summed E-state index contributed by atoms with van der Waals surface area (Å²) in [6.45, 7) is 2.67. The number of aryl methyl sites for hydroxylation is 1. The van der Waals surface area contributed by atoms with Crippen molar-refractivity contribution in [2.24, 2.45) is 7.05 Å². The van der Waals surface area contributed by atoms with Crippen molar-refractivity contribution < 1.29 is 8.42 Å². The van der Waals surface area contributed by atoms with Crippen molar-refractivity contribution >= 4 is 20.9 Å². The van der Waals surface area contributed by atoms with Crippen molar-refractivity contribution in [3.63, 3.8) is 0 Å². The number of piperidine rings is 1. The van der Waals surface area contributed by atoms with Crippen LogP contribution in [-0.4, -0.2) is 53.4 Å². The maximum atomic E-state index is 13.2. The Morgan fingerprint density at radius 2 is 1.82 bits per heavy atom. The van der Waals surface area contributed by atoms with Gasteiger partial charge in [0.1, 0.15) is 0 Å². The smallest absolute Gasteiger partial charge is 0.243 e. The highest BCUT2D eigenvalue weighted by Gasteiger charge is 2.31. The summed E-state index contributed by atoms with van der Waals surface area (Å²) in [5.41, 5.74) is 2.17. The van der Waals surface area contributed by atoms with Gasteiger partial charge in [-0.3, -0.25) is 9.88 Å². The van der Waals surface area contributed by atoms with Crippen LogP contribution in [0.25, 0.3) is 10.9 Å². The van der Waals surface area contributed by atoms with E-state index in [1.54, 1.807) is 23.5 Å². The van der Waals surface area contributed by atoms with Gasteiger partial charge in [-0.2, -0.15) is 4.31 Å². The molecule has 0 N–H and O–H groups in total. The van der Waals surface area contributed by atoms with Gasteiger partial charge >= 0.3 is 0 Å². The number of pyridine rings is 1. The Bertz CT molecular complexity index is 1050. The third-order valence-corrected chi connectivity index (χ3v) is 7.67. The quantitative estimate of drug-likeness (QED) is 0.663. The predicted molar refractivity (Wildman–Crippen MR) is 110 cm³/mol. The van der Waals surface area contributed by atoms with Crippen molar-refractivity contribution in [2.75, 3.05) is 20.1 Å². The molecule has 1 fully saturated rings. The van der Waals surface area contributed by atoms with E-state index in [1.165, 1.54) is 5.56 Å². The Balaban J connectivity index is 1.45. The van der Waals surface area contributed by atoms with Gasteiger partial charge in [0.2, 0.25) is 10.0 Å². The largest absolute Gasteiger partial charge is 0.351 e. The Hall–Kier alpha value is -2.22. The van der Waals surface area contributed by atoms with Crippen LogP contribution in [0.15, 0.2) is 59.9 Å². The lowest BCUT2D eigenvalue weighted by molar-refractivity contribution is 0.164. The Morgan fingerprint density at radius 1 is 1.11 bits per heavy atom. The molecule has 28 heavy (non-hydrogen) atoms. The van der Waals surface area contributed by atoms with Crippen LogP contribution >= 0.6 is 0 Å². The van der Waals surface area contributed by atoms with Gasteiger partial charge in [0.05, 0.1) is 4.90 Å². The van der Waals surface area contributed by atoms with Crippen molar-refractivity contribution in [3.05, 3.63) is 60.6 Å². The molecular formula is C21H26N4O2S. The standard InChI is InChI=1S/C21H26N4O2S/c1-23-12-7-18-3-4-20(15-21(18)23)28(26,27)24(2)19-8-13-25(14-9-19)16-17-5-10-22-11-6-17/h3-7,10-12,15,19H,8-9,13-14,16H2,1-2H3. The topological polar surface area (TPSA) is 58.4 Å². The van der Waals surface area contributed by atoms with Crippen molar-refractivity contribution in [1.29, 1.82) is 0 Å². The number of aromatic nitrogens is 2. The molecule has 6 nitrogen and oxygen atoms in total. The maximum Gasteiger partial charge on any atom is 0.243 e. The van der Waals surface area contributed by atoms with Gasteiger partial charge in [-0.05, 0) is 54.1 Å². The molecule has 148 valence electrons. The first-order valence-electron chi connectivity index (χ1n) is 9.59. The van der Waals surface area contributed by atoms with Gasteiger partial charge in [0.15, 0.2) is 0 Å². The van der Waals surface area contributed by atoms with Crippen molar-refractivity contribution in [3.8, 4) is 0 Å². The van der Waals surface area contributed by atoms with E-state index >= 15 is 0 Å². The minimum Gasteiger partial charge on any atom is -0.351 e. The molecule has 0 spiro atoms. The summed E-state index contributed by atoms with van der Waals surface area (Å²) in [4.78, 5) is 6.80. The molecule has 0 atom stereocenters. The highest BCUT2D eigenvalue weighted by molar-refractivity contribution is 7.89. The fourth-order valence-electron chi connectivity index (χ4n) is 3.95. The molecule has 0 unspecified atom stereocenters. The molecule has 1 saturated heterocycles. The van der Waals surface area contributed by atoms with Gasteiger partial charge in [0, 0.05) is 63.9 Å². The summed E-state index contributed by atoms with van der Waals surface area (Å²) in [6.07, 6.45) is 7.25. The first-order valence-corrected chi connectivity index (χ1v) is 11.0. The van der Waals surface area contributed by atoms with Gasteiger partial charge in [-0.15, -0.1) is 0 Å². The molecule has 0 saturated carbocycles. The van der Waals surface area contributed by atoms with Gasteiger partial charge in [-0.25, -0.2) is 8.42 Å². The van der Waals surface area contributed by atoms with Crippen LogP contribution in [0.1, 0.15) is 18.4 Å². The normalized spacial score (nSPS) is 16.8. The van der Waals surface area contributed by atoms with E-state index in [9.17, 15) is 8.42 Å². The Kier molecular flexibility index (Phi) is 5.23. The van der Waals surface area contributed by atoms with Crippen molar-refractivity contribution in [2.45, 2.75) is 30.3 Å². The van der Waals surface area contributed by atoms with Gasteiger partial charge < -0.3 is 4.57 Å². The Morgan fingerprint density at radius 3 is 2.54 bits per heavy atom. The average molecular weight is 399 g/mol. The van der Waals surface area contributed by atoms with Crippen LogP contribution in [-0.2, 0) is 23.6 Å². The molecular weight excluding hydrogens is 372 g/mol. The fourth-order valence-corrected chi connectivity index (χ4v) is 5.39. The SMILES string of the molecule is CN(C1CCN(Cc2ccncc2)CC1)S(=O)(=O)c1ccc2ccn(C)c2c1. The lowest BCUT2D eigenvalue weighted by Crippen LogP contribution is -2.45. The number of hydrogen-bond acceptors (Lipinski definition) is 4. The lowest BCUT2D eigenvalue weighted by Gasteiger charge is -2.36. The zero-order chi connectivity index (χ0) is 19.7. The van der Waals surface area contributed by atoms with Gasteiger partial charge in [0.25, 0.3) is 0 Å². The number of benzene rings is 1. The maximum absolute atomic E-state index is 13.2. The number of nitrogens with zero attached hydrogens (tertiary/aromatic N) is 4. The van der Waals surface area contributed by atoms with E-state index in [2.05, 4.69) is 9.88 Å². The monoisotopic (exact) mass is 398 g/mol. The molecule has 4 rings (SSSR count). The number of hydrogen-bond donors (Lipinski definition) is 0. The average Bonchev–Trinajstić information content (AvgIpc) is 3.09. The number of rotatable bonds is 5. The molecule has 3 aromatic rings. The van der Waals surface area contributed by atoms with Crippen molar-refractivity contribution in [1.82, 2.24) is 18.8 Å². The van der Waals surface area contributed by atoms with Crippen LogP contribution in [0.4, 0.5) is 0 Å². The van der Waals surface area contributed by atoms with Crippen LogP contribution in [0.5, 0.6) is 0 Å². The summed E-state index contributed by atoms with van der Waals surface area (Å²) in [6, 6.07) is 11.5. The number of fused-ring (bicyclic) bond motifs is 1. The van der Waals surface area contributed by atoms with E-state index in [-0.39, 0.29) is 6.04 Å². The molecule has 1 aliphatic heterocycles. The van der Waals surface area contributed by atoms with E-state index in [0.717, 1.165) is 43.4 Å². The summed E-state index contributed by atoms with van der Waals surface area (Å²) in [5.74, 6) is 0. The van der Waals surface area contributed by atoms with Gasteiger partial charge in [-0.1, -0.05) is 6.07 Å². The van der Waals surface area contributed by atoms with Crippen LogP contribution in [0, 0.1) is 0 Å². The number of sulfonamides is 1. The highest BCUT2D eigenvalue weighted by Crippen LogP contribution is 2.26. The highest BCUT2D eigenvalue weighted by atomic mass is 32.2. The van der Waals surface area contributed by atoms with E-state index < -0.39 is 10.0 Å². The second-order valence-corrected chi connectivity index (χ2v) is 9.53. The number of likely N-dealkylation sites (tertiary alicyclic amines) is 1. The molecule has 0 radical (unpaired) electrons. The summed E-state index contributed by atoms with van der Waals surface area (Å²) < 4.78 is 29.9. The lowest BCUT2D eigenvalue weighted by atomic mass is 10.0. The first kappa shape index (κ1) is 19.1. The van der Waals surface area contributed by atoms with Crippen LogP contribution < -0.4 is 0 Å². The van der Waals surface area contributed by atoms with E-state index in [4.69, 9.17) is 0 Å². The summed E-state index contributed by atoms with van der Waals surface area (Å²) >= 11 is 0. The second kappa shape index (κ2) is 7.66. The molecule has 3 heterocycles. The molecule has 0 bridgehead atoms.